The Labute approximate surface area is 123 Å². The Hall–Kier alpha value is -2.62. The van der Waals surface area contributed by atoms with Gasteiger partial charge in [0.05, 0.1) is 17.0 Å². The molecule has 106 valence electrons. The van der Waals surface area contributed by atoms with Crippen molar-refractivity contribution < 1.29 is 4.79 Å². The van der Waals surface area contributed by atoms with E-state index >= 15 is 0 Å². The molecule has 0 saturated heterocycles. The number of imidazole rings is 1. The third-order valence-corrected chi connectivity index (χ3v) is 3.56. The van der Waals surface area contributed by atoms with Gasteiger partial charge in [0.1, 0.15) is 0 Å². The smallest absolute Gasteiger partial charge is 0.234 e. The van der Waals surface area contributed by atoms with Crippen LogP contribution in [0.5, 0.6) is 0 Å². The molecule has 3 aromatic rings. The molecular weight excluding hydrogens is 262 g/mol. The van der Waals surface area contributed by atoms with Gasteiger partial charge in [0, 0.05) is 0 Å². The first-order valence-corrected chi connectivity index (χ1v) is 7.08. The fourth-order valence-electron chi connectivity index (χ4n) is 2.47. The van der Waals surface area contributed by atoms with Crippen molar-refractivity contribution in [3.63, 3.8) is 0 Å². The van der Waals surface area contributed by atoms with Crippen LogP contribution in [0.15, 0.2) is 54.6 Å². The second kappa shape index (κ2) is 5.79. The van der Waals surface area contributed by atoms with E-state index in [1.165, 1.54) is 0 Å². The van der Waals surface area contributed by atoms with Crippen molar-refractivity contribution in [2.45, 2.75) is 19.3 Å². The lowest BCUT2D eigenvalue weighted by molar-refractivity contribution is -0.117. The van der Waals surface area contributed by atoms with Crippen molar-refractivity contribution in [2.75, 3.05) is 5.32 Å². The van der Waals surface area contributed by atoms with E-state index in [2.05, 4.69) is 15.3 Å². The van der Waals surface area contributed by atoms with Gasteiger partial charge < -0.3 is 4.98 Å². The van der Waals surface area contributed by atoms with Gasteiger partial charge in [-0.15, -0.1) is 0 Å². The highest BCUT2D eigenvalue weighted by molar-refractivity contribution is 5.95. The molecule has 0 spiro atoms. The molecule has 0 aliphatic carbocycles. The molecule has 0 saturated carbocycles. The molecule has 21 heavy (non-hydrogen) atoms. The van der Waals surface area contributed by atoms with Crippen LogP contribution in [0, 0.1) is 0 Å². The summed E-state index contributed by atoms with van der Waals surface area (Å²) in [6.07, 6.45) is 0.746. The van der Waals surface area contributed by atoms with E-state index in [1.807, 2.05) is 61.5 Å². The predicted octanol–water partition coefficient (Wildman–Crippen LogP) is 3.70. The molecular formula is C17H17N3O. The molecule has 1 aromatic heterocycles. The molecule has 4 heteroatoms. The Balaban J connectivity index is 1.81. The fraction of sp³-hybridized carbons (Fsp3) is 0.176. The highest BCUT2D eigenvalue weighted by Crippen LogP contribution is 2.21. The zero-order valence-corrected chi connectivity index (χ0v) is 11.8. The first kappa shape index (κ1) is 13.4. The topological polar surface area (TPSA) is 57.8 Å². The summed E-state index contributed by atoms with van der Waals surface area (Å²) < 4.78 is 0. The third kappa shape index (κ3) is 2.79. The Morgan fingerprint density at radius 1 is 1.14 bits per heavy atom. The molecule has 0 aliphatic heterocycles. The van der Waals surface area contributed by atoms with Crippen LogP contribution in [-0.4, -0.2) is 15.9 Å². The van der Waals surface area contributed by atoms with Crippen LogP contribution in [0.1, 0.15) is 24.8 Å². The first-order valence-electron chi connectivity index (χ1n) is 7.08. The molecule has 0 aliphatic rings. The molecule has 1 heterocycles. The average molecular weight is 279 g/mol. The van der Waals surface area contributed by atoms with Crippen LogP contribution in [-0.2, 0) is 4.79 Å². The minimum absolute atomic E-state index is 0.0391. The van der Waals surface area contributed by atoms with Crippen LogP contribution in [0.25, 0.3) is 11.0 Å². The number of hydrogen-bond donors (Lipinski definition) is 2. The van der Waals surface area contributed by atoms with Crippen LogP contribution in [0.4, 0.5) is 5.95 Å². The molecule has 1 amide bonds. The van der Waals surface area contributed by atoms with Gasteiger partial charge in [-0.05, 0) is 24.1 Å². The number of nitrogens with one attached hydrogen (secondary N) is 2. The maximum absolute atomic E-state index is 12.4. The molecule has 3 rings (SSSR count). The lowest BCUT2D eigenvalue weighted by Crippen LogP contribution is -2.21. The normalized spacial score (nSPS) is 12.2. The van der Waals surface area contributed by atoms with Crippen molar-refractivity contribution in [3.8, 4) is 0 Å². The van der Waals surface area contributed by atoms with Gasteiger partial charge in [-0.3, -0.25) is 10.1 Å². The van der Waals surface area contributed by atoms with Gasteiger partial charge in [0.2, 0.25) is 11.9 Å². The lowest BCUT2D eigenvalue weighted by atomic mass is 9.96. The van der Waals surface area contributed by atoms with Crippen LogP contribution < -0.4 is 5.32 Å². The van der Waals surface area contributed by atoms with Gasteiger partial charge in [-0.2, -0.15) is 0 Å². The van der Waals surface area contributed by atoms with E-state index in [9.17, 15) is 4.79 Å². The summed E-state index contributed by atoms with van der Waals surface area (Å²) in [7, 11) is 0. The van der Waals surface area contributed by atoms with Crippen LogP contribution in [0.2, 0.25) is 0 Å². The number of hydrogen-bond acceptors (Lipinski definition) is 2. The van der Waals surface area contributed by atoms with Gasteiger partial charge in [-0.25, -0.2) is 4.98 Å². The molecule has 2 N–H and O–H groups in total. The van der Waals surface area contributed by atoms with E-state index in [4.69, 9.17) is 0 Å². The molecule has 4 nitrogen and oxygen atoms in total. The molecule has 0 bridgehead atoms. The van der Waals surface area contributed by atoms with Crippen LogP contribution in [0.3, 0.4) is 0 Å². The molecule has 0 fully saturated rings. The molecule has 1 atom stereocenters. The Morgan fingerprint density at radius 2 is 1.86 bits per heavy atom. The number of carbonyl (C=O) groups is 1. The number of anilines is 1. The summed E-state index contributed by atoms with van der Waals surface area (Å²) in [5, 5.41) is 2.88. The first-order chi connectivity index (χ1) is 10.3. The van der Waals surface area contributed by atoms with Gasteiger partial charge in [0.25, 0.3) is 0 Å². The van der Waals surface area contributed by atoms with E-state index in [-0.39, 0.29) is 11.8 Å². The van der Waals surface area contributed by atoms with E-state index in [1.54, 1.807) is 0 Å². The van der Waals surface area contributed by atoms with E-state index in [0.29, 0.717) is 5.95 Å². The monoisotopic (exact) mass is 279 g/mol. The number of H-pyrrole nitrogens is 1. The van der Waals surface area contributed by atoms with Gasteiger partial charge in [-0.1, -0.05) is 49.4 Å². The van der Waals surface area contributed by atoms with Crippen molar-refractivity contribution in [2.24, 2.45) is 0 Å². The standard InChI is InChI=1S/C17H17N3O/c1-2-13(12-8-4-3-5-9-12)16(21)20-17-18-14-10-6-7-11-15(14)19-17/h3-11,13H,2H2,1H3,(H2,18,19,20,21)/t13-/m1/s1. The quantitative estimate of drug-likeness (QED) is 0.765. The highest BCUT2D eigenvalue weighted by atomic mass is 16.2. The minimum atomic E-state index is -0.167. The minimum Gasteiger partial charge on any atom is -0.324 e. The number of aromatic nitrogens is 2. The average Bonchev–Trinajstić information content (AvgIpc) is 2.91. The van der Waals surface area contributed by atoms with E-state index in [0.717, 1.165) is 23.0 Å². The number of carbonyl (C=O) groups excluding carboxylic acids is 1. The van der Waals surface area contributed by atoms with Crippen molar-refractivity contribution in [1.29, 1.82) is 0 Å². The second-order valence-electron chi connectivity index (χ2n) is 4.96. The van der Waals surface area contributed by atoms with Gasteiger partial charge >= 0.3 is 0 Å². The second-order valence-corrected chi connectivity index (χ2v) is 4.96. The Kier molecular flexibility index (Phi) is 3.69. The number of benzene rings is 2. The van der Waals surface area contributed by atoms with Gasteiger partial charge in [0.15, 0.2) is 0 Å². The zero-order valence-electron chi connectivity index (χ0n) is 11.8. The lowest BCUT2D eigenvalue weighted by Gasteiger charge is -2.14. The SMILES string of the molecule is CC[C@@H](C(=O)Nc1nc2ccccc2[nH]1)c1ccccc1. The van der Waals surface area contributed by atoms with Crippen molar-refractivity contribution in [3.05, 3.63) is 60.2 Å². The maximum atomic E-state index is 12.4. The maximum Gasteiger partial charge on any atom is 0.234 e. The Bertz CT molecular complexity index is 716. The Morgan fingerprint density at radius 3 is 2.57 bits per heavy atom. The van der Waals surface area contributed by atoms with Crippen molar-refractivity contribution in [1.82, 2.24) is 9.97 Å². The molecule has 2 aromatic carbocycles. The highest BCUT2D eigenvalue weighted by Gasteiger charge is 2.19. The fourth-order valence-corrected chi connectivity index (χ4v) is 2.47. The molecule has 0 radical (unpaired) electrons. The third-order valence-electron chi connectivity index (χ3n) is 3.56. The van der Waals surface area contributed by atoms with Crippen molar-refractivity contribution >= 4 is 22.9 Å². The zero-order chi connectivity index (χ0) is 14.7. The van der Waals surface area contributed by atoms with Crippen LogP contribution >= 0.6 is 0 Å². The summed E-state index contributed by atoms with van der Waals surface area (Å²) >= 11 is 0. The number of nitrogens with zero attached hydrogens (tertiary/aromatic N) is 1. The number of fused-ring (bicyclic) bond motifs is 1. The number of para-hydroxylation sites is 2. The predicted molar refractivity (Wildman–Crippen MR) is 84.2 cm³/mol. The largest absolute Gasteiger partial charge is 0.324 e. The number of rotatable bonds is 4. The molecule has 0 unspecified atom stereocenters. The number of amides is 1. The summed E-state index contributed by atoms with van der Waals surface area (Å²) in [6, 6.07) is 17.5. The van der Waals surface area contributed by atoms with E-state index < -0.39 is 0 Å². The summed E-state index contributed by atoms with van der Waals surface area (Å²) in [5.74, 6) is 0.290. The summed E-state index contributed by atoms with van der Waals surface area (Å²) in [5.41, 5.74) is 2.79. The number of aromatic amines is 1. The summed E-state index contributed by atoms with van der Waals surface area (Å²) in [4.78, 5) is 19.9. The summed E-state index contributed by atoms with van der Waals surface area (Å²) in [6.45, 7) is 2.01.